The molecular weight excluding hydrogens is 262 g/mol. The van der Waals surface area contributed by atoms with E-state index in [1.165, 1.54) is 10.6 Å². The van der Waals surface area contributed by atoms with Crippen LogP contribution in [0.5, 0.6) is 0 Å². The van der Waals surface area contributed by atoms with Crippen molar-refractivity contribution in [2.24, 2.45) is 5.92 Å². The number of aryl methyl sites for hydroxylation is 1. The number of esters is 1. The van der Waals surface area contributed by atoms with Crippen LogP contribution in [0.15, 0.2) is 0 Å². The summed E-state index contributed by atoms with van der Waals surface area (Å²) in [6.07, 6.45) is 3.24. The molecule has 1 aliphatic rings. The summed E-state index contributed by atoms with van der Waals surface area (Å²) in [5, 5.41) is 0. The van der Waals surface area contributed by atoms with Crippen LogP contribution in [0.1, 0.15) is 41.3 Å². The maximum Gasteiger partial charge on any atom is 0.360 e. The maximum absolute atomic E-state index is 11.8. The van der Waals surface area contributed by atoms with Gasteiger partial charge in [-0.05, 0) is 32.1 Å². The van der Waals surface area contributed by atoms with E-state index >= 15 is 0 Å². The van der Waals surface area contributed by atoms with Crippen molar-refractivity contribution < 1.29 is 9.53 Å². The standard InChI is InChI=1S/C13H17N3O2S/c1-3-18-12(17)10-11(14)16-8-5-4-7(2)6-9(8)19-13(16)15-10/h7H,3-6,14H2,1-2H3. The molecule has 0 amide bonds. The lowest BCUT2D eigenvalue weighted by Gasteiger charge is -2.17. The van der Waals surface area contributed by atoms with Gasteiger partial charge in [0.25, 0.3) is 0 Å². The minimum Gasteiger partial charge on any atom is -0.461 e. The van der Waals surface area contributed by atoms with E-state index in [1.807, 2.05) is 4.40 Å². The Morgan fingerprint density at radius 1 is 1.63 bits per heavy atom. The number of carbonyl (C=O) groups excluding carboxylic acids is 1. The number of ether oxygens (including phenoxy) is 1. The fourth-order valence-corrected chi connectivity index (χ4v) is 3.93. The highest BCUT2D eigenvalue weighted by molar-refractivity contribution is 7.17. The SMILES string of the molecule is CCOC(=O)c1nc2sc3c(n2c1N)CCC(C)C3. The first kappa shape index (κ1) is 12.5. The summed E-state index contributed by atoms with van der Waals surface area (Å²) in [4.78, 5) is 18.3. The maximum atomic E-state index is 11.8. The topological polar surface area (TPSA) is 69.6 Å². The number of nitrogens with two attached hydrogens (primary N) is 1. The molecule has 1 atom stereocenters. The van der Waals surface area contributed by atoms with E-state index in [1.54, 1.807) is 18.3 Å². The molecule has 19 heavy (non-hydrogen) atoms. The Hall–Kier alpha value is -1.56. The second kappa shape index (κ2) is 4.52. The van der Waals surface area contributed by atoms with Crippen molar-refractivity contribution in [3.05, 3.63) is 16.3 Å². The predicted molar refractivity (Wildman–Crippen MR) is 74.6 cm³/mol. The smallest absolute Gasteiger partial charge is 0.360 e. The Labute approximate surface area is 115 Å². The number of thiazole rings is 1. The number of hydrogen-bond donors (Lipinski definition) is 1. The predicted octanol–water partition coefficient (Wildman–Crippen LogP) is 2.28. The summed E-state index contributed by atoms with van der Waals surface area (Å²) in [5.74, 6) is 0.691. The van der Waals surface area contributed by atoms with Crippen molar-refractivity contribution in [2.75, 3.05) is 12.3 Å². The Morgan fingerprint density at radius 3 is 3.16 bits per heavy atom. The second-order valence-electron chi connectivity index (χ2n) is 5.00. The van der Waals surface area contributed by atoms with Crippen molar-refractivity contribution in [2.45, 2.75) is 33.1 Å². The van der Waals surface area contributed by atoms with E-state index in [2.05, 4.69) is 11.9 Å². The molecule has 0 radical (unpaired) electrons. The molecule has 1 aliphatic carbocycles. The molecule has 0 saturated carbocycles. The summed E-state index contributed by atoms with van der Waals surface area (Å²) in [6, 6.07) is 0. The minimum atomic E-state index is -0.436. The van der Waals surface area contributed by atoms with Crippen LogP contribution in [0, 0.1) is 5.92 Å². The van der Waals surface area contributed by atoms with Crippen molar-refractivity contribution in [3.63, 3.8) is 0 Å². The van der Waals surface area contributed by atoms with Gasteiger partial charge in [-0.3, -0.25) is 4.40 Å². The molecule has 0 aliphatic heterocycles. The number of aromatic nitrogens is 2. The molecule has 5 nitrogen and oxygen atoms in total. The van der Waals surface area contributed by atoms with Gasteiger partial charge in [0.05, 0.1) is 6.61 Å². The Bertz CT molecular complexity index is 644. The largest absolute Gasteiger partial charge is 0.461 e. The molecule has 0 bridgehead atoms. The first-order chi connectivity index (χ1) is 9.11. The number of anilines is 1. The van der Waals surface area contributed by atoms with E-state index in [0.717, 1.165) is 24.2 Å². The molecule has 102 valence electrons. The van der Waals surface area contributed by atoms with Crippen LogP contribution >= 0.6 is 11.3 Å². The highest BCUT2D eigenvalue weighted by Crippen LogP contribution is 2.34. The van der Waals surface area contributed by atoms with E-state index in [0.29, 0.717) is 18.3 Å². The van der Waals surface area contributed by atoms with Gasteiger partial charge in [-0.2, -0.15) is 0 Å². The zero-order valence-electron chi connectivity index (χ0n) is 11.1. The lowest BCUT2D eigenvalue weighted by atomic mass is 9.93. The molecule has 2 heterocycles. The number of imidazole rings is 1. The van der Waals surface area contributed by atoms with Crippen LogP contribution in [0.4, 0.5) is 5.82 Å². The van der Waals surface area contributed by atoms with Crippen LogP contribution in [0.25, 0.3) is 4.96 Å². The van der Waals surface area contributed by atoms with E-state index in [4.69, 9.17) is 10.5 Å². The molecule has 3 rings (SSSR count). The molecule has 0 aromatic carbocycles. The molecule has 0 spiro atoms. The third-order valence-electron chi connectivity index (χ3n) is 3.57. The van der Waals surface area contributed by atoms with Gasteiger partial charge in [0.15, 0.2) is 10.7 Å². The van der Waals surface area contributed by atoms with Gasteiger partial charge in [-0.15, -0.1) is 11.3 Å². The van der Waals surface area contributed by atoms with Gasteiger partial charge in [-0.25, -0.2) is 9.78 Å². The third-order valence-corrected chi connectivity index (χ3v) is 4.67. The number of fused-ring (bicyclic) bond motifs is 3. The minimum absolute atomic E-state index is 0.245. The molecule has 6 heteroatoms. The average Bonchev–Trinajstić information content (AvgIpc) is 2.86. The van der Waals surface area contributed by atoms with Crippen molar-refractivity contribution >= 4 is 28.1 Å². The molecular formula is C13H17N3O2S. The summed E-state index contributed by atoms with van der Waals surface area (Å²) in [7, 11) is 0. The molecule has 2 aromatic heterocycles. The molecule has 2 aromatic rings. The number of nitrogen functional groups attached to an aromatic ring is 1. The molecule has 0 saturated heterocycles. The summed E-state index contributed by atoms with van der Waals surface area (Å²) in [6.45, 7) is 4.37. The van der Waals surface area contributed by atoms with Crippen LogP contribution in [-0.2, 0) is 17.6 Å². The highest BCUT2D eigenvalue weighted by Gasteiger charge is 2.26. The number of rotatable bonds is 2. The van der Waals surface area contributed by atoms with Gasteiger partial charge in [0.1, 0.15) is 5.82 Å². The van der Waals surface area contributed by atoms with Gasteiger partial charge < -0.3 is 10.5 Å². The normalized spacial score (nSPS) is 18.5. The van der Waals surface area contributed by atoms with Gasteiger partial charge in [0.2, 0.25) is 0 Å². The summed E-state index contributed by atoms with van der Waals surface area (Å²) < 4.78 is 6.91. The first-order valence-corrected chi connectivity index (χ1v) is 7.39. The Balaban J connectivity index is 2.09. The number of carbonyl (C=O) groups is 1. The lowest BCUT2D eigenvalue weighted by Crippen LogP contribution is -2.13. The van der Waals surface area contributed by atoms with E-state index < -0.39 is 5.97 Å². The van der Waals surface area contributed by atoms with E-state index in [9.17, 15) is 4.79 Å². The monoisotopic (exact) mass is 279 g/mol. The van der Waals surface area contributed by atoms with Gasteiger partial charge in [0, 0.05) is 10.6 Å². The average molecular weight is 279 g/mol. The zero-order valence-corrected chi connectivity index (χ0v) is 11.9. The van der Waals surface area contributed by atoms with Crippen LogP contribution in [0.2, 0.25) is 0 Å². The lowest BCUT2D eigenvalue weighted by molar-refractivity contribution is 0.0521. The molecule has 0 fully saturated rings. The van der Waals surface area contributed by atoms with Crippen LogP contribution in [-0.4, -0.2) is 22.0 Å². The van der Waals surface area contributed by atoms with Crippen molar-refractivity contribution in [1.29, 1.82) is 0 Å². The van der Waals surface area contributed by atoms with Gasteiger partial charge in [-0.1, -0.05) is 6.92 Å². The van der Waals surface area contributed by atoms with Crippen LogP contribution in [0.3, 0.4) is 0 Å². The van der Waals surface area contributed by atoms with E-state index in [-0.39, 0.29) is 5.69 Å². The second-order valence-corrected chi connectivity index (χ2v) is 6.07. The number of nitrogens with zero attached hydrogens (tertiary/aromatic N) is 2. The Kier molecular flexibility index (Phi) is 2.97. The molecule has 1 unspecified atom stereocenters. The quantitative estimate of drug-likeness (QED) is 0.856. The fraction of sp³-hybridized carbons (Fsp3) is 0.538. The fourth-order valence-electron chi connectivity index (χ4n) is 2.60. The van der Waals surface area contributed by atoms with Gasteiger partial charge >= 0.3 is 5.97 Å². The first-order valence-electron chi connectivity index (χ1n) is 6.57. The summed E-state index contributed by atoms with van der Waals surface area (Å²) >= 11 is 1.64. The van der Waals surface area contributed by atoms with Crippen LogP contribution < -0.4 is 5.73 Å². The van der Waals surface area contributed by atoms with Crippen molar-refractivity contribution in [3.8, 4) is 0 Å². The summed E-state index contributed by atoms with van der Waals surface area (Å²) in [5.41, 5.74) is 7.55. The highest BCUT2D eigenvalue weighted by atomic mass is 32.1. The third kappa shape index (κ3) is 1.90. The number of hydrogen-bond acceptors (Lipinski definition) is 5. The Morgan fingerprint density at radius 2 is 2.42 bits per heavy atom. The zero-order chi connectivity index (χ0) is 13.6. The van der Waals surface area contributed by atoms with Crippen molar-refractivity contribution in [1.82, 2.24) is 9.38 Å². The molecule has 2 N–H and O–H groups in total.